The van der Waals surface area contributed by atoms with E-state index >= 15 is 0 Å². The molecule has 0 heterocycles. The van der Waals surface area contributed by atoms with Crippen LogP contribution < -0.4 is 14.7 Å². The summed E-state index contributed by atoms with van der Waals surface area (Å²) in [6.07, 6.45) is 0. The van der Waals surface area contributed by atoms with Crippen LogP contribution in [0.2, 0.25) is 0 Å². The number of phenolic OH excluding ortho intramolecular Hbond substituents is 2. The molecule has 0 aromatic heterocycles. The Balaban J connectivity index is 2.65. The van der Waals surface area contributed by atoms with Crippen molar-refractivity contribution in [1.29, 1.82) is 0 Å². The highest BCUT2D eigenvalue weighted by molar-refractivity contribution is 6.00. The van der Waals surface area contributed by atoms with E-state index < -0.39 is 63.1 Å². The molecular formula is C22H25NO12. The quantitative estimate of drug-likeness (QED) is 0.170. The average molecular weight is 495 g/mol. The fourth-order valence-electron chi connectivity index (χ4n) is 3.07. The van der Waals surface area contributed by atoms with E-state index in [1.807, 2.05) is 0 Å². The van der Waals surface area contributed by atoms with Gasteiger partial charge in [0.1, 0.15) is 23.7 Å². The molecule has 0 spiro atoms. The lowest BCUT2D eigenvalue weighted by molar-refractivity contribution is -0.991. The molecule has 4 N–H and O–H groups in total. The summed E-state index contributed by atoms with van der Waals surface area (Å²) in [5.74, 6) is -6.14. The van der Waals surface area contributed by atoms with Gasteiger partial charge in [-0.3, -0.25) is 4.79 Å². The number of benzene rings is 2. The molecule has 190 valence electrons. The zero-order valence-corrected chi connectivity index (χ0v) is 19.5. The van der Waals surface area contributed by atoms with Crippen LogP contribution in [0.25, 0.3) is 0 Å². The van der Waals surface area contributed by atoms with Crippen LogP contribution in [0.1, 0.15) is 33.2 Å². The van der Waals surface area contributed by atoms with Crippen LogP contribution in [0.4, 0.5) is 5.69 Å². The van der Waals surface area contributed by atoms with Crippen molar-refractivity contribution < 1.29 is 58.7 Å². The number of hydrogen-bond donors (Lipinski definition) is 4. The first-order valence-electron chi connectivity index (χ1n) is 9.98. The lowest BCUT2D eigenvalue weighted by atomic mass is 10.1. The van der Waals surface area contributed by atoms with Crippen LogP contribution >= 0.6 is 0 Å². The Bertz CT molecular complexity index is 1130. The van der Waals surface area contributed by atoms with Crippen LogP contribution in [-0.4, -0.2) is 61.3 Å². The standard InChI is InChI=1S/C22H25NO12/c1-10-6-12(24)16(22(28)34-9-11(2)20(26)32-4)14(7-10)35-19-15(31-3)8-13(25)18(23(29)30)17(19)21(27)33-5/h6-8,11,23-25,29H,9H2,1-5H3/t11-/m0/s1. The molecule has 1 unspecified atom stereocenters. The van der Waals surface area contributed by atoms with Crippen molar-refractivity contribution >= 4 is 23.6 Å². The van der Waals surface area contributed by atoms with Gasteiger partial charge in [-0.25, -0.2) is 14.8 Å². The normalized spacial score (nSPS) is 12.3. The molecule has 2 rings (SSSR count). The molecule has 0 aliphatic carbocycles. The van der Waals surface area contributed by atoms with Gasteiger partial charge in [-0.05, 0) is 31.5 Å². The molecule has 0 aliphatic rings. The van der Waals surface area contributed by atoms with E-state index in [9.17, 15) is 35.0 Å². The lowest BCUT2D eigenvalue weighted by Crippen LogP contribution is -2.99. The minimum atomic E-state index is -1.67. The first-order chi connectivity index (χ1) is 16.5. The number of carbonyl (C=O) groups is 3. The molecule has 13 nitrogen and oxygen atoms in total. The molecular weight excluding hydrogens is 470 g/mol. The fourth-order valence-corrected chi connectivity index (χ4v) is 3.07. The van der Waals surface area contributed by atoms with Crippen LogP contribution in [0.15, 0.2) is 18.2 Å². The second-order valence-corrected chi connectivity index (χ2v) is 7.26. The summed E-state index contributed by atoms with van der Waals surface area (Å²) in [5, 5.41) is 40.2. The molecule has 2 aromatic rings. The summed E-state index contributed by atoms with van der Waals surface area (Å²) >= 11 is 0. The van der Waals surface area contributed by atoms with E-state index in [2.05, 4.69) is 9.47 Å². The molecule has 0 radical (unpaired) electrons. The van der Waals surface area contributed by atoms with Gasteiger partial charge in [-0.2, -0.15) is 5.23 Å². The smallest absolute Gasteiger partial charge is 0.348 e. The maximum Gasteiger partial charge on any atom is 0.348 e. The average Bonchev–Trinajstić information content (AvgIpc) is 2.80. The number of esters is 3. The number of aryl methyl sites for hydroxylation is 1. The summed E-state index contributed by atoms with van der Waals surface area (Å²) < 4.78 is 25.2. The molecule has 35 heavy (non-hydrogen) atoms. The minimum absolute atomic E-state index is 0.271. The SMILES string of the molecule is COC(=O)c1c(Oc2cc(C)cc(O)c2C(=O)OC[C@H](C)C(=O)OC)c(OC)cc(O)c1[NH+]([O-])O. The van der Waals surface area contributed by atoms with E-state index in [1.54, 1.807) is 6.92 Å². The molecule has 0 fully saturated rings. The third-order valence-corrected chi connectivity index (χ3v) is 4.76. The fraction of sp³-hybridized carbons (Fsp3) is 0.318. The summed E-state index contributed by atoms with van der Waals surface area (Å²) in [4.78, 5) is 36.8. The van der Waals surface area contributed by atoms with Crippen molar-refractivity contribution in [2.45, 2.75) is 13.8 Å². The highest BCUT2D eigenvalue weighted by atomic mass is 16.8. The summed E-state index contributed by atoms with van der Waals surface area (Å²) in [7, 11) is 3.33. The molecule has 2 atom stereocenters. The number of aromatic hydroxyl groups is 2. The van der Waals surface area contributed by atoms with Gasteiger partial charge < -0.3 is 39.1 Å². The molecule has 0 amide bonds. The van der Waals surface area contributed by atoms with Crippen molar-refractivity contribution in [1.82, 2.24) is 0 Å². The topological polar surface area (TPSA) is 186 Å². The van der Waals surface area contributed by atoms with Gasteiger partial charge in [0.05, 0.1) is 27.2 Å². The van der Waals surface area contributed by atoms with Crippen molar-refractivity contribution in [2.75, 3.05) is 27.9 Å². The second-order valence-electron chi connectivity index (χ2n) is 7.26. The van der Waals surface area contributed by atoms with Crippen molar-refractivity contribution in [3.8, 4) is 28.7 Å². The van der Waals surface area contributed by atoms with Crippen LogP contribution in [0.3, 0.4) is 0 Å². The van der Waals surface area contributed by atoms with E-state index in [1.165, 1.54) is 33.3 Å². The lowest BCUT2D eigenvalue weighted by Gasteiger charge is -2.21. The van der Waals surface area contributed by atoms with Gasteiger partial charge in [0.2, 0.25) is 5.69 Å². The Kier molecular flexibility index (Phi) is 8.83. The van der Waals surface area contributed by atoms with Crippen LogP contribution in [0, 0.1) is 18.0 Å². The van der Waals surface area contributed by atoms with Crippen molar-refractivity contribution in [2.24, 2.45) is 5.92 Å². The van der Waals surface area contributed by atoms with Gasteiger partial charge in [-0.15, -0.1) is 0 Å². The number of carbonyl (C=O) groups excluding carboxylic acids is 3. The Hall–Kier alpha value is -4.07. The van der Waals surface area contributed by atoms with Crippen molar-refractivity contribution in [3.63, 3.8) is 0 Å². The highest BCUT2D eigenvalue weighted by Gasteiger charge is 2.33. The zero-order chi connectivity index (χ0) is 26.4. The molecule has 0 saturated heterocycles. The van der Waals surface area contributed by atoms with Gasteiger partial charge in [0.15, 0.2) is 22.8 Å². The van der Waals surface area contributed by atoms with Gasteiger partial charge in [-0.1, -0.05) is 0 Å². The predicted molar refractivity (Wildman–Crippen MR) is 116 cm³/mol. The molecule has 0 aliphatic heterocycles. The number of quaternary nitrogens is 1. The summed E-state index contributed by atoms with van der Waals surface area (Å²) in [6.45, 7) is 2.65. The Morgan fingerprint density at radius 2 is 1.63 bits per heavy atom. The number of phenols is 2. The largest absolute Gasteiger partial charge is 0.595 e. The first kappa shape index (κ1) is 27.2. The monoisotopic (exact) mass is 495 g/mol. The van der Waals surface area contributed by atoms with E-state index in [4.69, 9.17) is 14.2 Å². The minimum Gasteiger partial charge on any atom is -0.595 e. The number of methoxy groups -OCH3 is 3. The Labute approximate surface area is 199 Å². The molecule has 2 aromatic carbocycles. The number of nitrogens with one attached hydrogen (secondary N) is 1. The molecule has 13 heteroatoms. The molecule has 0 saturated carbocycles. The number of hydrogen-bond acceptors (Lipinski definition) is 12. The van der Waals surface area contributed by atoms with Gasteiger partial charge >= 0.3 is 17.9 Å². The maximum atomic E-state index is 12.8. The predicted octanol–water partition coefficient (Wildman–Crippen LogP) is 1.36. The first-order valence-corrected chi connectivity index (χ1v) is 9.98. The summed E-state index contributed by atoms with van der Waals surface area (Å²) in [5.41, 5.74) is -1.58. The van der Waals surface area contributed by atoms with Crippen LogP contribution in [-0.2, 0) is 19.0 Å². The van der Waals surface area contributed by atoms with E-state index in [-0.39, 0.29) is 18.1 Å². The number of ether oxygens (including phenoxy) is 5. The van der Waals surface area contributed by atoms with Crippen LogP contribution in [0.5, 0.6) is 28.7 Å². The van der Waals surface area contributed by atoms with Crippen molar-refractivity contribution in [3.05, 3.63) is 40.1 Å². The Morgan fingerprint density at radius 3 is 2.17 bits per heavy atom. The highest BCUT2D eigenvalue weighted by Crippen LogP contribution is 2.45. The second kappa shape index (κ2) is 11.4. The third kappa shape index (κ3) is 5.90. The third-order valence-electron chi connectivity index (χ3n) is 4.76. The summed E-state index contributed by atoms with van der Waals surface area (Å²) in [6, 6.07) is 3.45. The Morgan fingerprint density at radius 1 is 0.971 bits per heavy atom. The van der Waals surface area contributed by atoms with Gasteiger partial charge in [0.25, 0.3) is 0 Å². The van der Waals surface area contributed by atoms with Gasteiger partial charge in [0, 0.05) is 6.07 Å². The number of rotatable bonds is 9. The maximum absolute atomic E-state index is 12.8. The zero-order valence-electron chi connectivity index (χ0n) is 19.5. The van der Waals surface area contributed by atoms with E-state index in [0.717, 1.165) is 13.2 Å². The molecule has 0 bridgehead atoms. The van der Waals surface area contributed by atoms with E-state index in [0.29, 0.717) is 5.56 Å².